The normalized spacial score (nSPS) is 12.0. The van der Waals surface area contributed by atoms with Crippen molar-refractivity contribution in [1.29, 1.82) is 0 Å². The average Bonchev–Trinajstić information content (AvgIpc) is 2.88. The van der Waals surface area contributed by atoms with E-state index >= 15 is 0 Å². The second-order valence-electron chi connectivity index (χ2n) is 8.21. The molecule has 0 aliphatic carbocycles. The third-order valence-electron chi connectivity index (χ3n) is 5.76. The summed E-state index contributed by atoms with van der Waals surface area (Å²) < 4.78 is 28.3. The number of hydrogen-bond donors (Lipinski definition) is 1. The van der Waals surface area contributed by atoms with E-state index in [2.05, 4.69) is 5.32 Å². The highest BCUT2D eigenvalue weighted by molar-refractivity contribution is 7.92. The van der Waals surface area contributed by atoms with Gasteiger partial charge in [-0.15, -0.1) is 0 Å². The van der Waals surface area contributed by atoms with Crippen LogP contribution in [-0.2, 0) is 26.2 Å². The Labute approximate surface area is 207 Å². The Morgan fingerprint density at radius 1 is 0.886 bits per heavy atom. The van der Waals surface area contributed by atoms with Gasteiger partial charge in [-0.3, -0.25) is 13.9 Å². The number of benzene rings is 3. The number of para-hydroxylation sites is 1. The Balaban J connectivity index is 2.01. The summed E-state index contributed by atoms with van der Waals surface area (Å²) in [6.45, 7) is 3.53. The molecular formula is C27H31N3O4S. The molecule has 1 unspecified atom stereocenters. The molecule has 7 nitrogen and oxygen atoms in total. The Morgan fingerprint density at radius 2 is 1.46 bits per heavy atom. The van der Waals surface area contributed by atoms with Gasteiger partial charge in [0.2, 0.25) is 11.8 Å². The number of likely N-dealkylation sites (N-methyl/N-ethyl adjacent to an activating group) is 1. The number of carbonyl (C=O) groups excluding carboxylic acids is 2. The first kappa shape index (κ1) is 26.0. The maximum Gasteiger partial charge on any atom is 0.264 e. The number of amides is 2. The van der Waals surface area contributed by atoms with Gasteiger partial charge in [0.1, 0.15) is 12.6 Å². The van der Waals surface area contributed by atoms with Gasteiger partial charge in [0, 0.05) is 13.6 Å². The lowest BCUT2D eigenvalue weighted by Crippen LogP contribution is -2.51. The third-order valence-corrected chi connectivity index (χ3v) is 7.55. The fourth-order valence-electron chi connectivity index (χ4n) is 3.82. The zero-order valence-corrected chi connectivity index (χ0v) is 21.0. The van der Waals surface area contributed by atoms with E-state index in [-0.39, 0.29) is 17.3 Å². The number of rotatable bonds is 10. The van der Waals surface area contributed by atoms with Gasteiger partial charge in [0.25, 0.3) is 10.0 Å². The monoisotopic (exact) mass is 493 g/mol. The number of carbonyl (C=O) groups is 2. The predicted octanol–water partition coefficient (Wildman–Crippen LogP) is 3.74. The van der Waals surface area contributed by atoms with Gasteiger partial charge in [-0.1, -0.05) is 73.2 Å². The largest absolute Gasteiger partial charge is 0.357 e. The zero-order valence-electron chi connectivity index (χ0n) is 20.2. The fraction of sp³-hybridized carbons (Fsp3) is 0.259. The van der Waals surface area contributed by atoms with E-state index in [9.17, 15) is 18.0 Å². The Hall–Kier alpha value is -3.65. The van der Waals surface area contributed by atoms with Crippen molar-refractivity contribution in [2.75, 3.05) is 17.9 Å². The zero-order chi connectivity index (χ0) is 25.4. The van der Waals surface area contributed by atoms with Crippen molar-refractivity contribution >= 4 is 27.5 Å². The highest BCUT2D eigenvalue weighted by Gasteiger charge is 2.33. The van der Waals surface area contributed by atoms with Crippen LogP contribution in [0, 0.1) is 6.92 Å². The van der Waals surface area contributed by atoms with Crippen LogP contribution in [0.15, 0.2) is 89.8 Å². The Bertz CT molecular complexity index is 1230. The lowest BCUT2D eigenvalue weighted by molar-refractivity contribution is -0.140. The van der Waals surface area contributed by atoms with E-state index in [0.29, 0.717) is 12.1 Å². The second kappa shape index (κ2) is 11.7. The number of aryl methyl sites for hydroxylation is 1. The number of hydrogen-bond acceptors (Lipinski definition) is 4. The molecule has 0 bridgehead atoms. The van der Waals surface area contributed by atoms with E-state index < -0.39 is 28.5 Å². The first-order chi connectivity index (χ1) is 16.8. The van der Waals surface area contributed by atoms with Gasteiger partial charge < -0.3 is 10.2 Å². The van der Waals surface area contributed by atoms with E-state index in [0.717, 1.165) is 15.4 Å². The maximum absolute atomic E-state index is 13.7. The number of anilines is 1. The van der Waals surface area contributed by atoms with Crippen LogP contribution >= 0.6 is 0 Å². The molecule has 35 heavy (non-hydrogen) atoms. The summed E-state index contributed by atoms with van der Waals surface area (Å²) in [5.74, 6) is -0.769. The topological polar surface area (TPSA) is 86.8 Å². The second-order valence-corrected chi connectivity index (χ2v) is 10.1. The lowest BCUT2D eigenvalue weighted by Gasteiger charge is -2.33. The number of sulfonamides is 1. The van der Waals surface area contributed by atoms with Crippen LogP contribution in [0.5, 0.6) is 0 Å². The van der Waals surface area contributed by atoms with Crippen LogP contribution in [-0.4, -0.2) is 44.8 Å². The minimum Gasteiger partial charge on any atom is -0.357 e. The molecule has 3 aromatic carbocycles. The summed E-state index contributed by atoms with van der Waals surface area (Å²) in [6, 6.07) is 23.5. The molecule has 1 N–H and O–H groups in total. The van der Waals surface area contributed by atoms with Gasteiger partial charge >= 0.3 is 0 Å². The molecule has 0 saturated carbocycles. The SMILES string of the molecule is CCC(C(=O)NC)N(Cc1ccc(C)cc1)C(=O)CN(c1ccccc1)S(=O)(=O)c1ccccc1. The molecule has 0 spiro atoms. The first-order valence-corrected chi connectivity index (χ1v) is 12.9. The van der Waals surface area contributed by atoms with Crippen molar-refractivity contribution in [2.45, 2.75) is 37.8 Å². The molecule has 0 aliphatic heterocycles. The molecule has 184 valence electrons. The smallest absolute Gasteiger partial charge is 0.264 e. The van der Waals surface area contributed by atoms with Gasteiger partial charge in [-0.25, -0.2) is 8.42 Å². The summed E-state index contributed by atoms with van der Waals surface area (Å²) in [6.07, 6.45) is 0.383. The molecule has 2 amide bonds. The molecule has 0 radical (unpaired) electrons. The van der Waals surface area contributed by atoms with Crippen LogP contribution in [0.1, 0.15) is 24.5 Å². The van der Waals surface area contributed by atoms with Crippen molar-refractivity contribution in [1.82, 2.24) is 10.2 Å². The summed E-state index contributed by atoms with van der Waals surface area (Å²) in [5.41, 5.74) is 2.30. The predicted molar refractivity (Wildman–Crippen MR) is 137 cm³/mol. The van der Waals surface area contributed by atoms with Crippen molar-refractivity contribution < 1.29 is 18.0 Å². The summed E-state index contributed by atoms with van der Waals surface area (Å²) >= 11 is 0. The molecule has 0 aromatic heterocycles. The number of nitrogens with zero attached hydrogens (tertiary/aromatic N) is 2. The van der Waals surface area contributed by atoms with E-state index in [4.69, 9.17) is 0 Å². The van der Waals surface area contributed by atoms with Gasteiger partial charge in [-0.2, -0.15) is 0 Å². The molecule has 0 saturated heterocycles. The van der Waals surface area contributed by atoms with Crippen LogP contribution in [0.3, 0.4) is 0 Å². The highest BCUT2D eigenvalue weighted by atomic mass is 32.2. The molecule has 8 heteroatoms. The molecule has 3 rings (SSSR count). The van der Waals surface area contributed by atoms with Crippen molar-refractivity contribution in [3.05, 3.63) is 96.1 Å². The molecule has 0 fully saturated rings. The van der Waals surface area contributed by atoms with Gasteiger partial charge in [-0.05, 0) is 43.2 Å². The minimum absolute atomic E-state index is 0.0834. The quantitative estimate of drug-likeness (QED) is 0.466. The number of nitrogens with one attached hydrogen (secondary N) is 1. The van der Waals surface area contributed by atoms with Crippen LogP contribution < -0.4 is 9.62 Å². The van der Waals surface area contributed by atoms with Crippen LogP contribution in [0.4, 0.5) is 5.69 Å². The van der Waals surface area contributed by atoms with Crippen molar-refractivity contribution in [2.24, 2.45) is 0 Å². The summed E-state index contributed by atoms with van der Waals surface area (Å²) in [7, 11) is -2.51. The maximum atomic E-state index is 13.7. The van der Waals surface area contributed by atoms with E-state index in [1.54, 1.807) is 48.5 Å². The summed E-state index contributed by atoms with van der Waals surface area (Å²) in [5, 5.41) is 2.62. The lowest BCUT2D eigenvalue weighted by atomic mass is 10.1. The molecular weight excluding hydrogens is 462 g/mol. The first-order valence-electron chi connectivity index (χ1n) is 11.5. The van der Waals surface area contributed by atoms with E-state index in [1.165, 1.54) is 24.1 Å². The van der Waals surface area contributed by atoms with Crippen molar-refractivity contribution in [3.63, 3.8) is 0 Å². The van der Waals surface area contributed by atoms with Crippen LogP contribution in [0.2, 0.25) is 0 Å². The van der Waals surface area contributed by atoms with Gasteiger partial charge in [0.15, 0.2) is 0 Å². The van der Waals surface area contributed by atoms with Crippen LogP contribution in [0.25, 0.3) is 0 Å². The Kier molecular flexibility index (Phi) is 8.65. The molecule has 1 atom stereocenters. The highest BCUT2D eigenvalue weighted by Crippen LogP contribution is 2.24. The van der Waals surface area contributed by atoms with Gasteiger partial charge in [0.05, 0.1) is 10.6 Å². The fourth-order valence-corrected chi connectivity index (χ4v) is 5.25. The van der Waals surface area contributed by atoms with E-state index in [1.807, 2.05) is 38.1 Å². The molecule has 0 aliphatic rings. The Morgan fingerprint density at radius 3 is 2.00 bits per heavy atom. The molecule has 3 aromatic rings. The average molecular weight is 494 g/mol. The molecule has 0 heterocycles. The van der Waals surface area contributed by atoms with Crippen molar-refractivity contribution in [3.8, 4) is 0 Å². The minimum atomic E-state index is -4.03. The summed E-state index contributed by atoms with van der Waals surface area (Å²) in [4.78, 5) is 27.9. The third kappa shape index (κ3) is 6.27. The standard InChI is InChI=1S/C27H31N3O4S/c1-4-25(27(32)28-3)29(19-22-17-15-21(2)16-18-22)26(31)20-30(23-11-7-5-8-12-23)35(33,34)24-13-9-6-10-14-24/h5-18,25H,4,19-20H2,1-3H3,(H,28,32).